The zero-order valence-electron chi connectivity index (χ0n) is 21.6. The molecule has 2 heterocycles. The Morgan fingerprint density at radius 1 is 1.11 bits per heavy atom. The lowest BCUT2D eigenvalue weighted by atomic mass is 10.0. The van der Waals surface area contributed by atoms with Gasteiger partial charge in [-0.25, -0.2) is 9.97 Å². The number of primary amides is 1. The normalized spacial score (nSPS) is 22.1. The summed E-state index contributed by atoms with van der Waals surface area (Å²) < 4.78 is 0. The highest BCUT2D eigenvalue weighted by molar-refractivity contribution is 5.82. The summed E-state index contributed by atoms with van der Waals surface area (Å²) in [5.74, 6) is 1.79. The van der Waals surface area contributed by atoms with Crippen LogP contribution in [0, 0.1) is 16.7 Å². The first-order chi connectivity index (χ1) is 16.5. The van der Waals surface area contributed by atoms with E-state index in [1.54, 1.807) is 0 Å². The summed E-state index contributed by atoms with van der Waals surface area (Å²) in [4.78, 5) is 22.9. The third kappa shape index (κ3) is 4.84. The van der Waals surface area contributed by atoms with Gasteiger partial charge in [0.1, 0.15) is 11.6 Å². The van der Waals surface area contributed by atoms with Crippen molar-refractivity contribution < 1.29 is 9.90 Å². The summed E-state index contributed by atoms with van der Waals surface area (Å²) >= 11 is 0. The molecular formula is C29H38N4O2. The topological polar surface area (TPSA) is 92.3 Å². The second-order valence-electron chi connectivity index (χ2n) is 11.0. The molecule has 4 aliphatic rings. The summed E-state index contributed by atoms with van der Waals surface area (Å²) in [6.07, 6.45) is 18.1. The number of hydrogen-bond donors (Lipinski definition) is 2. The monoisotopic (exact) mass is 474 g/mol. The van der Waals surface area contributed by atoms with Crippen LogP contribution in [0.5, 0.6) is 0 Å². The van der Waals surface area contributed by atoms with Gasteiger partial charge in [-0.1, -0.05) is 52.0 Å². The minimum absolute atomic E-state index is 0.0694. The van der Waals surface area contributed by atoms with Gasteiger partial charge in [-0.3, -0.25) is 4.79 Å². The molecule has 2 fully saturated rings. The first-order valence-electron chi connectivity index (χ1n) is 12.6. The number of anilines is 1. The predicted octanol–water partition coefficient (Wildman–Crippen LogP) is 5.53. The number of nitrogens with zero attached hydrogens (tertiary/aromatic N) is 3. The van der Waals surface area contributed by atoms with Gasteiger partial charge in [0.25, 0.3) is 0 Å². The number of nitrogens with two attached hydrogens (primary N) is 1. The highest BCUT2D eigenvalue weighted by Crippen LogP contribution is 2.68. The van der Waals surface area contributed by atoms with Crippen molar-refractivity contribution in [3.8, 4) is 0 Å². The van der Waals surface area contributed by atoms with Crippen molar-refractivity contribution in [3.63, 3.8) is 0 Å². The summed E-state index contributed by atoms with van der Waals surface area (Å²) in [6, 6.07) is 0. The SMILES string of the molecule is CC1(C)C(C(N)=O)C1(C)C.CC1=Cc2nc(C3=CC=CCC=C3O)nc(N3CCCC3)c2CC=C1. The van der Waals surface area contributed by atoms with Gasteiger partial charge in [0.15, 0.2) is 5.82 Å². The van der Waals surface area contributed by atoms with E-state index in [1.165, 1.54) is 24.0 Å². The molecule has 3 aliphatic carbocycles. The Bertz CT molecular complexity index is 1150. The van der Waals surface area contributed by atoms with Crippen molar-refractivity contribution >= 4 is 23.4 Å². The van der Waals surface area contributed by atoms with E-state index in [4.69, 9.17) is 15.7 Å². The van der Waals surface area contributed by atoms with E-state index in [9.17, 15) is 9.90 Å². The lowest BCUT2D eigenvalue weighted by Crippen LogP contribution is -2.22. The number of hydrogen-bond acceptors (Lipinski definition) is 5. The van der Waals surface area contributed by atoms with Crippen LogP contribution in [0.25, 0.3) is 11.6 Å². The van der Waals surface area contributed by atoms with Crippen molar-refractivity contribution in [2.75, 3.05) is 18.0 Å². The molecule has 0 spiro atoms. The lowest BCUT2D eigenvalue weighted by molar-refractivity contribution is -0.120. The number of aliphatic hydroxyl groups excluding tert-OH is 1. The summed E-state index contributed by atoms with van der Waals surface area (Å²) in [5.41, 5.74) is 9.47. The number of amides is 1. The third-order valence-electron chi connectivity index (χ3n) is 8.16. The molecule has 1 saturated heterocycles. The maximum Gasteiger partial charge on any atom is 0.221 e. The number of fused-ring (bicyclic) bond motifs is 1. The fraction of sp³-hybridized carbons (Fsp3) is 0.483. The highest BCUT2D eigenvalue weighted by atomic mass is 16.3. The maximum absolute atomic E-state index is 10.8. The van der Waals surface area contributed by atoms with Crippen LogP contribution in [0.3, 0.4) is 0 Å². The summed E-state index contributed by atoms with van der Waals surface area (Å²) in [5, 5.41) is 10.4. The molecule has 1 aliphatic heterocycles. The van der Waals surface area contributed by atoms with Gasteiger partial charge in [0, 0.05) is 24.6 Å². The Balaban J connectivity index is 0.000000243. The van der Waals surface area contributed by atoms with E-state index in [-0.39, 0.29) is 28.4 Å². The van der Waals surface area contributed by atoms with Crippen LogP contribution in [0.2, 0.25) is 0 Å². The largest absolute Gasteiger partial charge is 0.508 e. The van der Waals surface area contributed by atoms with Crippen LogP contribution >= 0.6 is 0 Å². The molecular weight excluding hydrogens is 436 g/mol. The predicted molar refractivity (Wildman–Crippen MR) is 143 cm³/mol. The standard InChI is InChI=1S/C21H23N3O.C8H15NO/c1-15-8-7-10-16-18(14-15)22-20(17-9-3-2-4-11-19(17)25)23-21(16)24-12-5-6-13-24;1-7(2)5(6(9)10)8(7,3)4/h2-3,7-9,11,14,25H,4-6,10,12-13H2,1H3;5H,1-4H3,(H2,9,10). The molecule has 6 nitrogen and oxygen atoms in total. The molecule has 5 rings (SSSR count). The molecule has 3 N–H and O–H groups in total. The number of carbonyl (C=O) groups is 1. The molecule has 1 aromatic heterocycles. The molecule has 1 aromatic rings. The van der Waals surface area contributed by atoms with E-state index in [1.807, 2.05) is 24.3 Å². The maximum atomic E-state index is 10.8. The zero-order valence-corrected chi connectivity index (χ0v) is 21.6. The van der Waals surface area contributed by atoms with E-state index in [0.29, 0.717) is 11.4 Å². The molecule has 1 amide bonds. The molecule has 6 heteroatoms. The lowest BCUT2D eigenvalue weighted by Gasteiger charge is -2.22. The van der Waals surface area contributed by atoms with Gasteiger partial charge < -0.3 is 15.7 Å². The number of carbonyl (C=O) groups excluding carboxylic acids is 1. The number of rotatable bonds is 3. The van der Waals surface area contributed by atoms with Crippen LogP contribution in [0.15, 0.2) is 47.8 Å². The summed E-state index contributed by atoms with van der Waals surface area (Å²) in [6.45, 7) is 12.5. The molecule has 186 valence electrons. The molecule has 1 saturated carbocycles. The number of aromatic nitrogens is 2. The minimum atomic E-state index is -0.157. The van der Waals surface area contributed by atoms with Crippen LogP contribution in [0.4, 0.5) is 5.82 Å². The molecule has 0 radical (unpaired) electrons. The Kier molecular flexibility index (Phi) is 6.76. The van der Waals surface area contributed by atoms with Crippen molar-refractivity contribution in [2.45, 2.75) is 60.3 Å². The van der Waals surface area contributed by atoms with Gasteiger partial charge in [0.05, 0.1) is 11.3 Å². The average Bonchev–Trinajstić information content (AvgIpc) is 3.01. The van der Waals surface area contributed by atoms with E-state index in [0.717, 1.165) is 37.4 Å². The molecule has 0 unspecified atom stereocenters. The van der Waals surface area contributed by atoms with Gasteiger partial charge in [0.2, 0.25) is 5.91 Å². The van der Waals surface area contributed by atoms with Gasteiger partial charge >= 0.3 is 0 Å². The van der Waals surface area contributed by atoms with Gasteiger partial charge in [-0.15, -0.1) is 0 Å². The summed E-state index contributed by atoms with van der Waals surface area (Å²) in [7, 11) is 0. The first-order valence-corrected chi connectivity index (χ1v) is 12.6. The quantitative estimate of drug-likeness (QED) is 0.601. The van der Waals surface area contributed by atoms with Crippen LogP contribution in [-0.4, -0.2) is 34.1 Å². The minimum Gasteiger partial charge on any atom is -0.508 e. The van der Waals surface area contributed by atoms with Crippen LogP contribution < -0.4 is 10.6 Å². The van der Waals surface area contributed by atoms with Crippen LogP contribution in [0.1, 0.15) is 71.0 Å². The Labute approximate surface area is 209 Å². The van der Waals surface area contributed by atoms with E-state index < -0.39 is 0 Å². The van der Waals surface area contributed by atoms with Crippen molar-refractivity contribution in [1.82, 2.24) is 9.97 Å². The molecule has 0 bridgehead atoms. The number of allylic oxidation sites excluding steroid dienone is 8. The number of aliphatic hydroxyl groups is 1. The Hall–Kier alpha value is -3.15. The third-order valence-corrected chi connectivity index (χ3v) is 8.16. The van der Waals surface area contributed by atoms with Crippen molar-refractivity contribution in [1.29, 1.82) is 0 Å². The van der Waals surface area contributed by atoms with Gasteiger partial charge in [-0.05, 0) is 67.2 Å². The molecule has 0 atom stereocenters. The fourth-order valence-corrected chi connectivity index (χ4v) is 5.46. The van der Waals surface area contributed by atoms with Crippen LogP contribution in [-0.2, 0) is 11.2 Å². The van der Waals surface area contributed by atoms with Gasteiger partial charge in [-0.2, -0.15) is 0 Å². The first kappa shape index (κ1) is 25.0. The fourth-order valence-electron chi connectivity index (χ4n) is 5.46. The zero-order chi connectivity index (χ0) is 25.4. The van der Waals surface area contributed by atoms with E-state index >= 15 is 0 Å². The van der Waals surface area contributed by atoms with Crippen molar-refractivity contribution in [2.24, 2.45) is 22.5 Å². The average molecular weight is 475 g/mol. The smallest absolute Gasteiger partial charge is 0.221 e. The second kappa shape index (κ2) is 9.48. The highest BCUT2D eigenvalue weighted by Gasteiger charge is 2.67. The molecule has 35 heavy (non-hydrogen) atoms. The molecule has 0 aromatic carbocycles. The van der Waals surface area contributed by atoms with E-state index in [2.05, 4.69) is 57.7 Å². The van der Waals surface area contributed by atoms with Crippen molar-refractivity contribution in [3.05, 3.63) is 64.9 Å². The second-order valence-corrected chi connectivity index (χ2v) is 11.0. The Morgan fingerprint density at radius 2 is 1.80 bits per heavy atom. The Morgan fingerprint density at radius 3 is 2.40 bits per heavy atom.